The zero-order valence-corrected chi connectivity index (χ0v) is 12.7. The fourth-order valence-corrected chi connectivity index (χ4v) is 3.44. The number of hydrogen-bond donors (Lipinski definition) is 1. The number of nitrogens with one attached hydrogen (secondary N) is 1. The van der Waals surface area contributed by atoms with Crippen LogP contribution in [-0.4, -0.2) is 48.1 Å². The molecule has 3 unspecified atom stereocenters. The maximum Gasteiger partial charge on any atom is 0.373 e. The van der Waals surface area contributed by atoms with Crippen molar-refractivity contribution in [2.45, 2.75) is 19.0 Å². The Morgan fingerprint density at radius 3 is 3.00 bits per heavy atom. The first-order valence-electron chi connectivity index (χ1n) is 7.67. The number of pyridine rings is 1. The first-order valence-corrected chi connectivity index (χ1v) is 7.67. The first-order chi connectivity index (χ1) is 11.1. The normalized spacial score (nSPS) is 25.7. The molecule has 0 radical (unpaired) electrons. The van der Waals surface area contributed by atoms with Crippen LogP contribution in [0.2, 0.25) is 0 Å². The fraction of sp³-hybridized carbons (Fsp3) is 0.438. The van der Waals surface area contributed by atoms with E-state index in [-0.39, 0.29) is 23.5 Å². The average Bonchev–Trinajstić information content (AvgIpc) is 3.27. The molecule has 1 N–H and O–H groups in total. The lowest BCUT2D eigenvalue weighted by Crippen LogP contribution is -2.45. The predicted molar refractivity (Wildman–Crippen MR) is 80.9 cm³/mol. The molecule has 120 valence electrons. The molecule has 4 rings (SSSR count). The molecule has 2 aromatic heterocycles. The van der Waals surface area contributed by atoms with Crippen molar-refractivity contribution < 1.29 is 18.7 Å². The van der Waals surface area contributed by atoms with Gasteiger partial charge in [-0.3, -0.25) is 14.7 Å². The highest BCUT2D eigenvalue weighted by molar-refractivity contribution is 5.97. The van der Waals surface area contributed by atoms with Crippen molar-refractivity contribution in [3.05, 3.63) is 29.8 Å². The third kappa shape index (κ3) is 2.46. The lowest BCUT2D eigenvalue weighted by Gasteiger charge is -2.25. The minimum absolute atomic E-state index is 0.0981. The number of aromatic nitrogens is 1. The molecule has 2 aromatic rings. The van der Waals surface area contributed by atoms with Gasteiger partial charge in [-0.2, -0.15) is 0 Å². The first kappa shape index (κ1) is 14.2. The van der Waals surface area contributed by atoms with Crippen LogP contribution in [0.15, 0.2) is 22.7 Å². The monoisotopic (exact) mass is 315 g/mol. The van der Waals surface area contributed by atoms with Crippen LogP contribution in [-0.2, 0) is 4.74 Å². The predicted octanol–water partition coefficient (Wildman–Crippen LogP) is 1.40. The van der Waals surface area contributed by atoms with E-state index in [9.17, 15) is 9.59 Å². The molecule has 0 aromatic carbocycles. The van der Waals surface area contributed by atoms with Gasteiger partial charge >= 0.3 is 5.97 Å². The van der Waals surface area contributed by atoms with Crippen LogP contribution in [0.5, 0.6) is 0 Å². The van der Waals surface area contributed by atoms with Gasteiger partial charge in [0.15, 0.2) is 0 Å². The van der Waals surface area contributed by atoms with E-state index in [0.717, 1.165) is 19.5 Å². The maximum absolute atomic E-state index is 12.4. The molecule has 2 aliphatic heterocycles. The molecule has 2 bridgehead atoms. The average molecular weight is 315 g/mol. The van der Waals surface area contributed by atoms with E-state index in [1.54, 1.807) is 12.1 Å². The highest BCUT2D eigenvalue weighted by atomic mass is 16.5. The van der Waals surface area contributed by atoms with Gasteiger partial charge in [0.2, 0.25) is 5.76 Å². The third-order valence-electron chi connectivity index (χ3n) is 4.63. The Labute approximate surface area is 132 Å². The lowest BCUT2D eigenvalue weighted by molar-refractivity contribution is 0.0567. The molecule has 3 atom stereocenters. The van der Waals surface area contributed by atoms with Crippen LogP contribution in [0.25, 0.3) is 11.0 Å². The lowest BCUT2D eigenvalue weighted by atomic mass is 10.0. The molecule has 4 heterocycles. The Bertz CT molecular complexity index is 785. The second kappa shape index (κ2) is 5.34. The summed E-state index contributed by atoms with van der Waals surface area (Å²) in [6, 6.07) is 3.11. The van der Waals surface area contributed by atoms with Gasteiger partial charge in [0, 0.05) is 36.8 Å². The van der Waals surface area contributed by atoms with Crippen LogP contribution in [0.3, 0.4) is 0 Å². The van der Waals surface area contributed by atoms with Crippen molar-refractivity contribution in [3.8, 4) is 0 Å². The molecule has 23 heavy (non-hydrogen) atoms. The highest BCUT2D eigenvalue weighted by Crippen LogP contribution is 2.31. The van der Waals surface area contributed by atoms with Crippen molar-refractivity contribution in [2.24, 2.45) is 5.92 Å². The van der Waals surface area contributed by atoms with E-state index in [1.165, 1.54) is 19.7 Å². The number of nitrogens with zero attached hydrogens (tertiary/aromatic N) is 2. The molecule has 7 nitrogen and oxygen atoms in total. The summed E-state index contributed by atoms with van der Waals surface area (Å²) in [5, 5.41) is 3.68. The molecule has 0 aliphatic carbocycles. The number of fused-ring (bicyclic) bond motifs is 3. The van der Waals surface area contributed by atoms with E-state index in [1.807, 2.05) is 0 Å². The second-order valence-electron chi connectivity index (χ2n) is 6.08. The van der Waals surface area contributed by atoms with Crippen molar-refractivity contribution in [1.82, 2.24) is 15.2 Å². The van der Waals surface area contributed by atoms with Gasteiger partial charge in [-0.1, -0.05) is 0 Å². The van der Waals surface area contributed by atoms with Crippen molar-refractivity contribution >= 4 is 22.8 Å². The summed E-state index contributed by atoms with van der Waals surface area (Å²) in [5.74, 6) is 0.0203. The number of carbonyl (C=O) groups excluding carboxylic acids is 2. The Kier molecular flexibility index (Phi) is 3.30. The number of methoxy groups -OCH3 is 1. The minimum atomic E-state index is -0.554. The number of carbonyl (C=O) groups is 2. The van der Waals surface area contributed by atoms with E-state index in [0.29, 0.717) is 16.9 Å². The highest BCUT2D eigenvalue weighted by Gasteiger charge is 2.38. The van der Waals surface area contributed by atoms with E-state index in [2.05, 4.69) is 19.9 Å². The number of hydrogen-bond acceptors (Lipinski definition) is 6. The fourth-order valence-electron chi connectivity index (χ4n) is 3.44. The van der Waals surface area contributed by atoms with Crippen LogP contribution in [0, 0.1) is 5.92 Å². The smallest absolute Gasteiger partial charge is 0.373 e. The summed E-state index contributed by atoms with van der Waals surface area (Å²) in [5.41, 5.74) is 0.728. The summed E-state index contributed by atoms with van der Waals surface area (Å²) in [6.45, 7) is 2.11. The number of rotatable bonds is 3. The molecular weight excluding hydrogens is 298 g/mol. The van der Waals surface area contributed by atoms with Gasteiger partial charge in [-0.05, 0) is 18.8 Å². The van der Waals surface area contributed by atoms with Gasteiger partial charge in [0.1, 0.15) is 11.3 Å². The van der Waals surface area contributed by atoms with Gasteiger partial charge in [0.25, 0.3) is 5.91 Å². The van der Waals surface area contributed by atoms with Gasteiger partial charge in [-0.25, -0.2) is 4.79 Å². The molecular formula is C16H17N3O4. The number of esters is 1. The van der Waals surface area contributed by atoms with Crippen molar-refractivity contribution in [2.75, 3.05) is 20.2 Å². The van der Waals surface area contributed by atoms with Crippen molar-refractivity contribution in [3.63, 3.8) is 0 Å². The van der Waals surface area contributed by atoms with Crippen molar-refractivity contribution in [1.29, 1.82) is 0 Å². The Morgan fingerprint density at radius 2 is 2.30 bits per heavy atom. The zero-order valence-electron chi connectivity index (χ0n) is 12.7. The summed E-state index contributed by atoms with van der Waals surface area (Å²) in [4.78, 5) is 30.3. The molecule has 2 aliphatic rings. The standard InChI is InChI=1S/C16H17N3O4/c1-22-16(21)13-5-10-7-17-11(6-12(10)23-13)15(20)18-14-4-9-2-3-19(14)8-9/h5-7,9,14H,2-4,8H2,1H3,(H,18,20). The summed E-state index contributed by atoms with van der Waals surface area (Å²) in [6.07, 6.45) is 3.85. The largest absolute Gasteiger partial charge is 0.463 e. The number of amides is 1. The Balaban J connectivity index is 1.54. The van der Waals surface area contributed by atoms with E-state index in [4.69, 9.17) is 4.42 Å². The summed E-state index contributed by atoms with van der Waals surface area (Å²) in [7, 11) is 1.29. The summed E-state index contributed by atoms with van der Waals surface area (Å²) < 4.78 is 10.0. The quantitative estimate of drug-likeness (QED) is 0.862. The van der Waals surface area contributed by atoms with Crippen LogP contribution >= 0.6 is 0 Å². The maximum atomic E-state index is 12.4. The van der Waals surface area contributed by atoms with Gasteiger partial charge in [0.05, 0.1) is 13.3 Å². The van der Waals surface area contributed by atoms with Crippen LogP contribution < -0.4 is 5.32 Å². The number of piperidine rings is 1. The Morgan fingerprint density at radius 1 is 1.43 bits per heavy atom. The zero-order chi connectivity index (χ0) is 16.0. The topological polar surface area (TPSA) is 84.7 Å². The number of ether oxygens (including phenoxy) is 1. The molecule has 7 heteroatoms. The summed E-state index contributed by atoms with van der Waals surface area (Å²) >= 11 is 0. The molecule has 2 fully saturated rings. The molecule has 1 amide bonds. The second-order valence-corrected chi connectivity index (χ2v) is 6.08. The SMILES string of the molecule is COC(=O)c1cc2cnc(C(=O)NC3CC4CCN3C4)cc2o1. The molecule has 0 spiro atoms. The molecule has 2 saturated heterocycles. The molecule has 0 saturated carbocycles. The van der Waals surface area contributed by atoms with Crippen LogP contribution in [0.4, 0.5) is 0 Å². The van der Waals surface area contributed by atoms with Crippen LogP contribution in [0.1, 0.15) is 33.9 Å². The van der Waals surface area contributed by atoms with Gasteiger partial charge < -0.3 is 14.5 Å². The Hall–Kier alpha value is -2.41. The van der Waals surface area contributed by atoms with E-state index < -0.39 is 5.97 Å². The van der Waals surface area contributed by atoms with E-state index >= 15 is 0 Å². The number of furan rings is 1. The van der Waals surface area contributed by atoms with Gasteiger partial charge in [-0.15, -0.1) is 0 Å². The third-order valence-corrected chi connectivity index (χ3v) is 4.63. The minimum Gasteiger partial charge on any atom is -0.463 e.